The fraction of sp³-hybridized carbons (Fsp3) is 1.00. The summed E-state index contributed by atoms with van der Waals surface area (Å²) in [6.07, 6.45) is 0.486. The van der Waals surface area contributed by atoms with E-state index in [9.17, 15) is 0 Å². The molecule has 0 saturated heterocycles. The quantitative estimate of drug-likeness (QED) is 0.368. The summed E-state index contributed by atoms with van der Waals surface area (Å²) in [5.41, 5.74) is 0. The summed E-state index contributed by atoms with van der Waals surface area (Å²) in [4.78, 5) is 9.16. The van der Waals surface area contributed by atoms with Crippen LogP contribution in [-0.2, 0) is 0 Å². The predicted molar refractivity (Wildman–Crippen MR) is 24.9 cm³/mol. The van der Waals surface area contributed by atoms with Gasteiger partial charge in [-0.05, 0) is 6.66 Å². The van der Waals surface area contributed by atoms with Crippen molar-refractivity contribution in [2.24, 2.45) is 5.18 Å². The minimum Gasteiger partial charge on any atom is -0.150 e. The van der Waals surface area contributed by atoms with Gasteiger partial charge in [-0.25, -0.2) is 0 Å². The van der Waals surface area contributed by atoms with Crippen molar-refractivity contribution in [1.29, 1.82) is 0 Å². The molecule has 0 aromatic rings. The van der Waals surface area contributed by atoms with E-state index in [0.717, 1.165) is 0 Å². The second kappa shape index (κ2) is 4.03. The molecule has 0 aliphatic heterocycles. The van der Waals surface area contributed by atoms with Gasteiger partial charge < -0.3 is 0 Å². The van der Waals surface area contributed by atoms with E-state index in [1.807, 2.05) is 6.66 Å². The average Bonchev–Trinajstić information content (AvgIpc) is 1.41. The topological polar surface area (TPSA) is 29.4 Å². The van der Waals surface area contributed by atoms with Gasteiger partial charge in [0.2, 0.25) is 0 Å². The minimum absolute atomic E-state index is 0.486. The van der Waals surface area contributed by atoms with Gasteiger partial charge in [0, 0.05) is 0 Å². The Morgan fingerprint density at radius 1 is 2.00 bits per heavy atom. The molecular weight excluding hydrogens is 85.0 g/mol. The summed E-state index contributed by atoms with van der Waals surface area (Å²) in [7, 11) is 0.679. The molecule has 0 aromatic heterocycles. The zero-order valence-electron chi connectivity index (χ0n) is 3.06. The molecule has 0 amide bonds. The SMILES string of the molecule is CPCN=O. The molecule has 2 nitrogen and oxygen atoms in total. The van der Waals surface area contributed by atoms with Crippen LogP contribution in [0.4, 0.5) is 0 Å². The van der Waals surface area contributed by atoms with Crippen LogP contribution in [0.3, 0.4) is 0 Å². The maximum atomic E-state index is 9.16. The highest BCUT2D eigenvalue weighted by atomic mass is 31.1. The van der Waals surface area contributed by atoms with E-state index in [4.69, 9.17) is 4.91 Å². The van der Waals surface area contributed by atoms with E-state index in [2.05, 4.69) is 5.18 Å². The predicted octanol–water partition coefficient (Wildman–Crippen LogP) is 1.02. The molecule has 0 radical (unpaired) electrons. The molecule has 3 heteroatoms. The van der Waals surface area contributed by atoms with E-state index in [-0.39, 0.29) is 0 Å². The Bertz CT molecular complexity index is 30.8. The van der Waals surface area contributed by atoms with E-state index in [1.54, 1.807) is 0 Å². The highest BCUT2D eigenvalue weighted by Gasteiger charge is 1.65. The molecule has 30 valence electrons. The highest BCUT2D eigenvalue weighted by Crippen LogP contribution is 1.98. The van der Waals surface area contributed by atoms with E-state index < -0.39 is 0 Å². The average molecular weight is 91.0 g/mol. The Balaban J connectivity index is 2.40. The number of hydrogen-bond donors (Lipinski definition) is 0. The van der Waals surface area contributed by atoms with Crippen molar-refractivity contribution in [3.63, 3.8) is 0 Å². The van der Waals surface area contributed by atoms with Crippen molar-refractivity contribution >= 4 is 8.58 Å². The van der Waals surface area contributed by atoms with Crippen LogP contribution in [0.2, 0.25) is 0 Å². The molecule has 0 bridgehead atoms. The zero-order valence-corrected chi connectivity index (χ0v) is 4.06. The van der Waals surface area contributed by atoms with Gasteiger partial charge in [0.1, 0.15) is 0 Å². The van der Waals surface area contributed by atoms with Gasteiger partial charge >= 0.3 is 0 Å². The fourth-order valence-corrected chi connectivity index (χ4v) is 0.194. The Kier molecular flexibility index (Phi) is 4.05. The Hall–Kier alpha value is 0.0300. The largest absolute Gasteiger partial charge is 0.150 e. The van der Waals surface area contributed by atoms with Gasteiger partial charge in [-0.3, -0.25) is 0 Å². The van der Waals surface area contributed by atoms with Gasteiger partial charge in [-0.15, -0.1) is 0 Å². The Morgan fingerprint density at radius 3 is 2.60 bits per heavy atom. The van der Waals surface area contributed by atoms with Crippen molar-refractivity contribution in [3.05, 3.63) is 4.91 Å². The molecule has 0 saturated carbocycles. The summed E-state index contributed by atoms with van der Waals surface area (Å²) in [5, 5.41) is 2.62. The highest BCUT2D eigenvalue weighted by molar-refractivity contribution is 7.36. The van der Waals surface area contributed by atoms with Gasteiger partial charge in [0.15, 0.2) is 0 Å². The molecule has 0 aliphatic rings. The first kappa shape index (κ1) is 5.03. The second-order valence-electron chi connectivity index (χ2n) is 0.641. The number of rotatable bonds is 2. The molecule has 1 atom stereocenters. The number of hydrogen-bond acceptors (Lipinski definition) is 2. The lowest BCUT2D eigenvalue weighted by Gasteiger charge is -1.69. The second-order valence-corrected chi connectivity index (χ2v) is 1.66. The van der Waals surface area contributed by atoms with Crippen LogP contribution >= 0.6 is 8.58 Å². The maximum Gasteiger partial charge on any atom is 0.0973 e. The lowest BCUT2D eigenvalue weighted by molar-refractivity contribution is 1.35. The van der Waals surface area contributed by atoms with Crippen molar-refractivity contribution < 1.29 is 0 Å². The fourth-order valence-electron chi connectivity index (χ4n) is 0.0645. The van der Waals surface area contributed by atoms with Crippen LogP contribution < -0.4 is 0 Å². The molecule has 0 aromatic carbocycles. The minimum atomic E-state index is 0.486. The molecule has 0 N–H and O–H groups in total. The first-order valence-corrected chi connectivity index (χ1v) is 3.06. The van der Waals surface area contributed by atoms with Crippen LogP contribution in [-0.4, -0.2) is 13.0 Å². The third-order valence-corrected chi connectivity index (χ3v) is 0.668. The van der Waals surface area contributed by atoms with Gasteiger partial charge in [0.25, 0.3) is 0 Å². The van der Waals surface area contributed by atoms with Crippen LogP contribution in [0.5, 0.6) is 0 Å². The van der Waals surface area contributed by atoms with Crippen molar-refractivity contribution in [2.75, 3.05) is 13.0 Å². The first-order chi connectivity index (χ1) is 2.41. The van der Waals surface area contributed by atoms with Crippen molar-refractivity contribution in [1.82, 2.24) is 0 Å². The Labute approximate surface area is 32.7 Å². The van der Waals surface area contributed by atoms with Gasteiger partial charge in [-0.2, -0.15) is 4.91 Å². The van der Waals surface area contributed by atoms with Crippen molar-refractivity contribution in [2.45, 2.75) is 0 Å². The zero-order chi connectivity index (χ0) is 4.12. The smallest absolute Gasteiger partial charge is 0.0973 e. The van der Waals surface area contributed by atoms with E-state index in [0.29, 0.717) is 14.9 Å². The lowest BCUT2D eigenvalue weighted by Crippen LogP contribution is -1.53. The molecule has 0 aliphatic carbocycles. The number of nitroso groups, excluding NO2 is 1. The maximum absolute atomic E-state index is 9.16. The molecule has 0 fully saturated rings. The molecule has 5 heavy (non-hydrogen) atoms. The molecule has 1 unspecified atom stereocenters. The normalized spacial score (nSPS) is 9.80. The third kappa shape index (κ3) is 4.03. The van der Waals surface area contributed by atoms with Crippen LogP contribution in [0.1, 0.15) is 0 Å². The van der Waals surface area contributed by atoms with Gasteiger partial charge in [0.05, 0.1) is 6.29 Å². The summed E-state index contributed by atoms with van der Waals surface area (Å²) in [5.74, 6) is 0. The summed E-state index contributed by atoms with van der Waals surface area (Å²) in [6.45, 7) is 1.95. The standard InChI is InChI=1S/C2H6NOP/c1-5-2-3-4/h5H,2H2,1H3. The lowest BCUT2D eigenvalue weighted by atomic mass is 11.5. The summed E-state index contributed by atoms with van der Waals surface area (Å²) >= 11 is 0. The third-order valence-electron chi connectivity index (χ3n) is 0.223. The first-order valence-electron chi connectivity index (χ1n) is 1.35. The van der Waals surface area contributed by atoms with Crippen LogP contribution in [0.15, 0.2) is 5.18 Å². The van der Waals surface area contributed by atoms with E-state index in [1.165, 1.54) is 0 Å². The van der Waals surface area contributed by atoms with Crippen molar-refractivity contribution in [3.8, 4) is 0 Å². The monoisotopic (exact) mass is 91.0 g/mol. The Morgan fingerprint density at radius 2 is 2.60 bits per heavy atom. The number of nitrogens with zero attached hydrogens (tertiary/aromatic N) is 1. The molecule has 0 rings (SSSR count). The summed E-state index contributed by atoms with van der Waals surface area (Å²) in [6, 6.07) is 0. The van der Waals surface area contributed by atoms with Gasteiger partial charge in [-0.1, -0.05) is 13.8 Å². The van der Waals surface area contributed by atoms with E-state index >= 15 is 0 Å². The molecule has 0 spiro atoms. The summed E-state index contributed by atoms with van der Waals surface area (Å²) < 4.78 is 0. The van der Waals surface area contributed by atoms with Crippen LogP contribution in [0, 0.1) is 4.91 Å². The van der Waals surface area contributed by atoms with Crippen LogP contribution in [0.25, 0.3) is 0 Å². The molecule has 0 heterocycles. The molecular formula is C2H6NOP.